The van der Waals surface area contributed by atoms with E-state index in [1.165, 1.54) is 12.4 Å². The standard InChI is InChI=1S/C20H18FN5/c1-14-11-19(26-20(24-14)22-13-23-26)25-18(12-15-7-3-2-4-8-15)16-9-5-6-10-17(16)21/h2-11,13,18,25H,12H2,1H3. The third kappa shape index (κ3) is 3.26. The van der Waals surface area contributed by atoms with Crippen LogP contribution >= 0.6 is 0 Å². The Kier molecular flexibility index (Phi) is 4.31. The molecule has 0 fully saturated rings. The molecule has 5 nitrogen and oxygen atoms in total. The van der Waals surface area contributed by atoms with E-state index in [0.717, 1.165) is 17.1 Å². The molecule has 0 aliphatic rings. The molecular formula is C20H18FN5. The van der Waals surface area contributed by atoms with Crippen molar-refractivity contribution in [2.75, 3.05) is 5.32 Å². The molecule has 130 valence electrons. The van der Waals surface area contributed by atoms with Crippen molar-refractivity contribution in [2.24, 2.45) is 0 Å². The number of fused-ring (bicyclic) bond motifs is 1. The smallest absolute Gasteiger partial charge is 0.254 e. The van der Waals surface area contributed by atoms with Crippen LogP contribution in [0, 0.1) is 12.7 Å². The highest BCUT2D eigenvalue weighted by molar-refractivity contribution is 5.47. The van der Waals surface area contributed by atoms with E-state index in [0.29, 0.717) is 17.8 Å². The monoisotopic (exact) mass is 347 g/mol. The highest BCUT2D eigenvalue weighted by atomic mass is 19.1. The molecule has 0 bridgehead atoms. The zero-order valence-electron chi connectivity index (χ0n) is 14.3. The maximum absolute atomic E-state index is 14.5. The second kappa shape index (κ2) is 6.92. The molecule has 1 unspecified atom stereocenters. The summed E-state index contributed by atoms with van der Waals surface area (Å²) in [6.07, 6.45) is 2.10. The normalized spacial score (nSPS) is 12.2. The second-order valence-electron chi connectivity index (χ2n) is 6.16. The molecule has 0 spiro atoms. The Hall–Kier alpha value is -3.28. The van der Waals surface area contributed by atoms with Crippen LogP contribution in [0.25, 0.3) is 5.78 Å². The van der Waals surface area contributed by atoms with Gasteiger partial charge in [-0.1, -0.05) is 48.5 Å². The van der Waals surface area contributed by atoms with Gasteiger partial charge in [0.15, 0.2) is 0 Å². The van der Waals surface area contributed by atoms with Gasteiger partial charge in [-0.2, -0.15) is 14.6 Å². The average Bonchev–Trinajstić information content (AvgIpc) is 3.11. The van der Waals surface area contributed by atoms with E-state index in [2.05, 4.69) is 20.4 Å². The van der Waals surface area contributed by atoms with Crippen LogP contribution < -0.4 is 5.32 Å². The zero-order valence-corrected chi connectivity index (χ0v) is 14.3. The van der Waals surface area contributed by atoms with Gasteiger partial charge in [-0.05, 0) is 25.0 Å². The summed E-state index contributed by atoms with van der Waals surface area (Å²) in [4.78, 5) is 8.50. The van der Waals surface area contributed by atoms with Gasteiger partial charge in [-0.3, -0.25) is 0 Å². The Bertz CT molecular complexity index is 1030. The summed E-state index contributed by atoms with van der Waals surface area (Å²) in [6.45, 7) is 1.90. The van der Waals surface area contributed by atoms with Crippen molar-refractivity contribution < 1.29 is 4.39 Å². The van der Waals surface area contributed by atoms with Crippen molar-refractivity contribution in [1.29, 1.82) is 0 Å². The fraction of sp³-hybridized carbons (Fsp3) is 0.150. The quantitative estimate of drug-likeness (QED) is 0.593. The number of anilines is 1. The number of benzene rings is 2. The minimum Gasteiger partial charge on any atom is -0.363 e. The fourth-order valence-corrected chi connectivity index (χ4v) is 3.06. The predicted molar refractivity (Wildman–Crippen MR) is 98.4 cm³/mol. The SMILES string of the molecule is Cc1cc(NC(Cc2ccccc2)c2ccccc2F)n2ncnc2n1. The molecule has 2 heterocycles. The third-order valence-corrected chi connectivity index (χ3v) is 4.27. The largest absolute Gasteiger partial charge is 0.363 e. The van der Waals surface area contributed by atoms with E-state index in [1.807, 2.05) is 55.5 Å². The molecule has 2 aromatic carbocycles. The summed E-state index contributed by atoms with van der Waals surface area (Å²) in [5, 5.41) is 7.66. The molecule has 0 saturated carbocycles. The Morgan fingerprint density at radius 2 is 1.85 bits per heavy atom. The van der Waals surface area contributed by atoms with E-state index >= 15 is 0 Å². The van der Waals surface area contributed by atoms with Crippen molar-refractivity contribution in [2.45, 2.75) is 19.4 Å². The number of hydrogen-bond acceptors (Lipinski definition) is 4. The van der Waals surface area contributed by atoms with E-state index in [-0.39, 0.29) is 11.9 Å². The number of aryl methyl sites for hydroxylation is 1. The molecule has 0 aliphatic heterocycles. The van der Waals surface area contributed by atoms with Gasteiger partial charge in [0.2, 0.25) is 0 Å². The average molecular weight is 347 g/mol. The van der Waals surface area contributed by atoms with E-state index in [4.69, 9.17) is 0 Å². The molecule has 0 radical (unpaired) electrons. The molecule has 1 atom stereocenters. The fourth-order valence-electron chi connectivity index (χ4n) is 3.06. The van der Waals surface area contributed by atoms with Gasteiger partial charge < -0.3 is 5.32 Å². The van der Waals surface area contributed by atoms with Gasteiger partial charge in [0, 0.05) is 17.3 Å². The van der Waals surface area contributed by atoms with Crippen LogP contribution in [0.3, 0.4) is 0 Å². The highest BCUT2D eigenvalue weighted by Crippen LogP contribution is 2.26. The summed E-state index contributed by atoms with van der Waals surface area (Å²) in [7, 11) is 0. The van der Waals surface area contributed by atoms with Gasteiger partial charge in [-0.15, -0.1) is 0 Å². The number of rotatable bonds is 5. The molecule has 6 heteroatoms. The molecule has 26 heavy (non-hydrogen) atoms. The topological polar surface area (TPSA) is 55.1 Å². The summed E-state index contributed by atoms with van der Waals surface area (Å²) in [5.41, 5.74) is 2.55. The Labute approximate surface area is 150 Å². The maximum atomic E-state index is 14.5. The van der Waals surface area contributed by atoms with Crippen LogP contribution in [-0.2, 0) is 6.42 Å². The molecule has 4 aromatic rings. The number of nitrogens with one attached hydrogen (secondary N) is 1. The van der Waals surface area contributed by atoms with Gasteiger partial charge in [0.25, 0.3) is 5.78 Å². The number of nitrogens with zero attached hydrogens (tertiary/aromatic N) is 4. The molecule has 2 aromatic heterocycles. The Morgan fingerprint density at radius 3 is 2.65 bits per heavy atom. The van der Waals surface area contributed by atoms with E-state index < -0.39 is 0 Å². The predicted octanol–water partition coefficient (Wildman–Crippen LogP) is 3.97. The number of aromatic nitrogens is 4. The van der Waals surface area contributed by atoms with Crippen molar-refractivity contribution in [3.8, 4) is 0 Å². The molecule has 0 amide bonds. The summed E-state index contributed by atoms with van der Waals surface area (Å²) in [6, 6.07) is 18.5. The van der Waals surface area contributed by atoms with Gasteiger partial charge in [0.05, 0.1) is 6.04 Å². The summed E-state index contributed by atoms with van der Waals surface area (Å²) < 4.78 is 16.1. The van der Waals surface area contributed by atoms with Crippen molar-refractivity contribution in [3.63, 3.8) is 0 Å². The van der Waals surface area contributed by atoms with Gasteiger partial charge in [0.1, 0.15) is 18.0 Å². The van der Waals surface area contributed by atoms with E-state index in [9.17, 15) is 4.39 Å². The molecule has 4 rings (SSSR count). The Morgan fingerprint density at radius 1 is 1.08 bits per heavy atom. The number of hydrogen-bond donors (Lipinski definition) is 1. The molecular weight excluding hydrogens is 329 g/mol. The first-order valence-electron chi connectivity index (χ1n) is 8.43. The first kappa shape index (κ1) is 16.2. The lowest BCUT2D eigenvalue weighted by Gasteiger charge is -2.21. The second-order valence-corrected chi connectivity index (χ2v) is 6.16. The minimum atomic E-state index is -0.257. The molecule has 1 N–H and O–H groups in total. The van der Waals surface area contributed by atoms with Crippen LogP contribution in [0.1, 0.15) is 22.9 Å². The Balaban J connectivity index is 1.75. The highest BCUT2D eigenvalue weighted by Gasteiger charge is 2.18. The molecule has 0 saturated heterocycles. The lowest BCUT2D eigenvalue weighted by molar-refractivity contribution is 0.589. The van der Waals surface area contributed by atoms with Crippen molar-refractivity contribution >= 4 is 11.6 Å². The summed E-state index contributed by atoms with van der Waals surface area (Å²) >= 11 is 0. The number of halogens is 1. The third-order valence-electron chi connectivity index (χ3n) is 4.27. The van der Waals surface area contributed by atoms with Gasteiger partial charge in [-0.25, -0.2) is 9.37 Å². The first-order chi connectivity index (χ1) is 12.7. The summed E-state index contributed by atoms with van der Waals surface area (Å²) in [5.74, 6) is 1.01. The van der Waals surface area contributed by atoms with Crippen LogP contribution in [-0.4, -0.2) is 19.6 Å². The van der Waals surface area contributed by atoms with Crippen LogP contribution in [0.4, 0.5) is 10.2 Å². The minimum absolute atomic E-state index is 0.235. The van der Waals surface area contributed by atoms with Crippen LogP contribution in [0.15, 0.2) is 67.0 Å². The van der Waals surface area contributed by atoms with Crippen molar-refractivity contribution in [3.05, 3.63) is 89.6 Å². The van der Waals surface area contributed by atoms with Gasteiger partial charge >= 0.3 is 0 Å². The van der Waals surface area contributed by atoms with Crippen LogP contribution in [0.5, 0.6) is 0 Å². The first-order valence-corrected chi connectivity index (χ1v) is 8.43. The van der Waals surface area contributed by atoms with E-state index in [1.54, 1.807) is 10.6 Å². The molecule has 0 aliphatic carbocycles. The van der Waals surface area contributed by atoms with Crippen molar-refractivity contribution in [1.82, 2.24) is 19.6 Å². The van der Waals surface area contributed by atoms with Crippen LogP contribution in [0.2, 0.25) is 0 Å². The lowest BCUT2D eigenvalue weighted by atomic mass is 9.98. The lowest BCUT2D eigenvalue weighted by Crippen LogP contribution is -2.18. The maximum Gasteiger partial charge on any atom is 0.254 e. The zero-order chi connectivity index (χ0) is 17.9.